The molecule has 1 unspecified atom stereocenters. The van der Waals surface area contributed by atoms with Gasteiger partial charge in [0.05, 0.1) is 4.90 Å². The van der Waals surface area contributed by atoms with E-state index in [2.05, 4.69) is 11.8 Å². The van der Waals surface area contributed by atoms with E-state index in [4.69, 9.17) is 15.4 Å². The number of hydrogen-bond donors (Lipinski definition) is 0. The van der Waals surface area contributed by atoms with Crippen LogP contribution in [0.2, 0.25) is 0 Å². The van der Waals surface area contributed by atoms with Crippen molar-refractivity contribution in [3.63, 3.8) is 0 Å². The number of ether oxygens (including phenoxy) is 1. The lowest BCUT2D eigenvalue weighted by atomic mass is 10.1. The fourth-order valence-electron chi connectivity index (χ4n) is 3.06. The van der Waals surface area contributed by atoms with Crippen LogP contribution in [0.3, 0.4) is 0 Å². The molecule has 1 atom stereocenters. The molecular weight excluding hydrogens is 358 g/mol. The van der Waals surface area contributed by atoms with Crippen LogP contribution >= 0.6 is 10.7 Å². The van der Waals surface area contributed by atoms with Gasteiger partial charge in [-0.15, -0.1) is 0 Å². The van der Waals surface area contributed by atoms with Gasteiger partial charge in [0, 0.05) is 16.7 Å². The minimum atomic E-state index is -3.68. The summed E-state index contributed by atoms with van der Waals surface area (Å²) < 4.78 is 28.5. The molecule has 25 heavy (non-hydrogen) atoms. The molecule has 3 rings (SSSR count). The fraction of sp³-hybridized carbons (Fsp3) is 0.368. The van der Waals surface area contributed by atoms with E-state index < -0.39 is 9.05 Å². The summed E-state index contributed by atoms with van der Waals surface area (Å²) in [7, 11) is 1.65. The molecule has 0 radical (unpaired) electrons. The van der Waals surface area contributed by atoms with Crippen molar-refractivity contribution >= 4 is 19.7 Å². The SMILES string of the molecule is CC(COc1ccc(-c2ccc(S(=O)(=O)Cl)cc2)cc1)N1CCCC1. The standard InChI is InChI=1S/C19H22ClNO3S/c1-15(21-12-2-3-13-21)14-24-18-8-4-16(5-9-18)17-6-10-19(11-7-17)25(20,22)23/h4-11,15H,2-3,12-14H2,1H3. The van der Waals surface area contributed by atoms with E-state index in [0.717, 1.165) is 30.0 Å². The van der Waals surface area contributed by atoms with Crippen molar-refractivity contribution < 1.29 is 13.2 Å². The summed E-state index contributed by atoms with van der Waals surface area (Å²) >= 11 is 0. The van der Waals surface area contributed by atoms with Gasteiger partial charge >= 0.3 is 0 Å². The molecule has 0 N–H and O–H groups in total. The first-order valence-corrected chi connectivity index (χ1v) is 10.8. The molecule has 0 saturated carbocycles. The van der Waals surface area contributed by atoms with E-state index in [1.165, 1.54) is 25.0 Å². The average molecular weight is 380 g/mol. The largest absolute Gasteiger partial charge is 0.492 e. The van der Waals surface area contributed by atoms with Gasteiger partial charge in [-0.05, 0) is 68.2 Å². The molecule has 0 aromatic heterocycles. The number of halogens is 1. The molecule has 134 valence electrons. The van der Waals surface area contributed by atoms with Crippen LogP contribution in [0.15, 0.2) is 53.4 Å². The zero-order valence-corrected chi connectivity index (χ0v) is 15.8. The lowest BCUT2D eigenvalue weighted by Crippen LogP contribution is -2.34. The first-order valence-electron chi connectivity index (χ1n) is 8.45. The second-order valence-electron chi connectivity index (χ2n) is 6.39. The van der Waals surface area contributed by atoms with E-state index in [9.17, 15) is 8.42 Å². The first-order chi connectivity index (χ1) is 11.9. The molecule has 1 aliphatic rings. The first kappa shape index (κ1) is 18.2. The van der Waals surface area contributed by atoms with Crippen molar-refractivity contribution in [3.05, 3.63) is 48.5 Å². The van der Waals surface area contributed by atoms with Crippen LogP contribution in [0.1, 0.15) is 19.8 Å². The van der Waals surface area contributed by atoms with Gasteiger partial charge < -0.3 is 4.74 Å². The summed E-state index contributed by atoms with van der Waals surface area (Å²) in [5.41, 5.74) is 1.93. The molecule has 0 amide bonds. The fourth-order valence-corrected chi connectivity index (χ4v) is 3.83. The normalized spacial score (nSPS) is 16.7. The van der Waals surface area contributed by atoms with Crippen molar-refractivity contribution in [1.82, 2.24) is 4.90 Å². The van der Waals surface area contributed by atoms with Gasteiger partial charge in [0.25, 0.3) is 9.05 Å². The van der Waals surface area contributed by atoms with Crippen molar-refractivity contribution in [2.75, 3.05) is 19.7 Å². The number of rotatable bonds is 6. The van der Waals surface area contributed by atoms with Gasteiger partial charge in [0.15, 0.2) is 0 Å². The number of likely N-dealkylation sites (tertiary alicyclic amines) is 1. The molecular formula is C19H22ClNO3S. The summed E-state index contributed by atoms with van der Waals surface area (Å²) in [4.78, 5) is 2.56. The Morgan fingerprint density at radius 3 is 2.04 bits per heavy atom. The van der Waals surface area contributed by atoms with Crippen molar-refractivity contribution in [2.24, 2.45) is 0 Å². The molecule has 0 aliphatic carbocycles. The second kappa shape index (κ2) is 7.77. The Balaban J connectivity index is 1.61. The molecule has 6 heteroatoms. The van der Waals surface area contributed by atoms with Crippen LogP contribution in [-0.2, 0) is 9.05 Å². The zero-order valence-electron chi connectivity index (χ0n) is 14.2. The molecule has 1 fully saturated rings. The average Bonchev–Trinajstić information content (AvgIpc) is 3.14. The Kier molecular flexibility index (Phi) is 5.67. The molecule has 2 aromatic carbocycles. The summed E-state index contributed by atoms with van der Waals surface area (Å²) in [6, 6.07) is 14.8. The Morgan fingerprint density at radius 1 is 1.00 bits per heavy atom. The maximum atomic E-state index is 11.3. The Morgan fingerprint density at radius 2 is 1.52 bits per heavy atom. The maximum Gasteiger partial charge on any atom is 0.261 e. The third kappa shape index (κ3) is 4.75. The predicted octanol–water partition coefficient (Wildman–Crippen LogP) is 4.14. The molecule has 4 nitrogen and oxygen atoms in total. The van der Waals surface area contributed by atoms with E-state index in [1.54, 1.807) is 12.1 Å². The van der Waals surface area contributed by atoms with E-state index >= 15 is 0 Å². The summed E-state index contributed by atoms with van der Waals surface area (Å²) in [5.74, 6) is 0.842. The molecule has 1 aliphatic heterocycles. The van der Waals surface area contributed by atoms with E-state index in [0.29, 0.717) is 12.6 Å². The van der Waals surface area contributed by atoms with Crippen LogP contribution in [0.5, 0.6) is 5.75 Å². The highest BCUT2D eigenvalue weighted by Gasteiger charge is 2.18. The Bertz CT molecular complexity index is 798. The second-order valence-corrected chi connectivity index (χ2v) is 8.96. The lowest BCUT2D eigenvalue weighted by molar-refractivity contribution is 0.172. The highest BCUT2D eigenvalue weighted by molar-refractivity contribution is 8.13. The zero-order chi connectivity index (χ0) is 17.9. The van der Waals surface area contributed by atoms with Crippen molar-refractivity contribution in [2.45, 2.75) is 30.7 Å². The van der Waals surface area contributed by atoms with Crippen LogP contribution in [0.4, 0.5) is 0 Å². The van der Waals surface area contributed by atoms with Crippen LogP contribution in [0.25, 0.3) is 11.1 Å². The van der Waals surface area contributed by atoms with Crippen molar-refractivity contribution in [3.8, 4) is 16.9 Å². The van der Waals surface area contributed by atoms with Gasteiger partial charge in [0.2, 0.25) is 0 Å². The molecule has 0 bridgehead atoms. The quantitative estimate of drug-likeness (QED) is 0.707. The van der Waals surface area contributed by atoms with Gasteiger partial charge in [-0.2, -0.15) is 0 Å². The van der Waals surface area contributed by atoms with Crippen molar-refractivity contribution in [1.29, 1.82) is 0 Å². The summed E-state index contributed by atoms with van der Waals surface area (Å²) in [6.07, 6.45) is 2.56. The number of hydrogen-bond acceptors (Lipinski definition) is 4. The van der Waals surface area contributed by atoms with Gasteiger partial charge in [-0.3, -0.25) is 4.90 Å². The van der Waals surface area contributed by atoms with Gasteiger partial charge in [-0.25, -0.2) is 8.42 Å². The molecule has 2 aromatic rings. The predicted molar refractivity (Wildman–Crippen MR) is 101 cm³/mol. The number of nitrogens with zero attached hydrogens (tertiary/aromatic N) is 1. The highest BCUT2D eigenvalue weighted by Crippen LogP contribution is 2.25. The summed E-state index contributed by atoms with van der Waals surface area (Å²) in [6.45, 7) is 5.21. The maximum absolute atomic E-state index is 11.3. The van der Waals surface area contributed by atoms with Gasteiger partial charge in [-0.1, -0.05) is 24.3 Å². The third-order valence-corrected chi connectivity index (χ3v) is 5.95. The van der Waals surface area contributed by atoms with E-state index in [-0.39, 0.29) is 4.90 Å². The Hall–Kier alpha value is -1.56. The Labute approximate surface area is 153 Å². The van der Waals surface area contributed by atoms with E-state index in [1.807, 2.05) is 24.3 Å². The molecule has 1 saturated heterocycles. The topological polar surface area (TPSA) is 46.6 Å². The summed E-state index contributed by atoms with van der Waals surface area (Å²) in [5, 5.41) is 0. The van der Waals surface area contributed by atoms with Crippen LogP contribution < -0.4 is 4.74 Å². The smallest absolute Gasteiger partial charge is 0.261 e. The van der Waals surface area contributed by atoms with Crippen LogP contribution in [0, 0.1) is 0 Å². The minimum Gasteiger partial charge on any atom is -0.492 e. The monoisotopic (exact) mass is 379 g/mol. The van der Waals surface area contributed by atoms with Crippen LogP contribution in [-0.4, -0.2) is 39.1 Å². The lowest BCUT2D eigenvalue weighted by Gasteiger charge is -2.23. The highest BCUT2D eigenvalue weighted by atomic mass is 35.7. The molecule has 1 heterocycles. The van der Waals surface area contributed by atoms with Gasteiger partial charge in [0.1, 0.15) is 12.4 Å². The number of benzene rings is 2. The third-order valence-electron chi connectivity index (χ3n) is 4.58. The molecule has 0 spiro atoms. The minimum absolute atomic E-state index is 0.105.